The molecule has 0 spiro atoms. The highest BCUT2D eigenvalue weighted by molar-refractivity contribution is 5.69. The summed E-state index contributed by atoms with van der Waals surface area (Å²) < 4.78 is 37.5. The van der Waals surface area contributed by atoms with E-state index in [1.165, 1.54) is 14.2 Å². The number of nitrogen functional groups attached to an aromatic ring is 1. The van der Waals surface area contributed by atoms with Crippen LogP contribution in [-0.4, -0.2) is 14.2 Å². The summed E-state index contributed by atoms with van der Waals surface area (Å²) in [5.41, 5.74) is 5.64. The van der Waals surface area contributed by atoms with E-state index >= 15 is 0 Å². The highest BCUT2D eigenvalue weighted by Crippen LogP contribution is 2.32. The first-order chi connectivity index (χ1) is 9.05. The van der Waals surface area contributed by atoms with Gasteiger partial charge in [-0.05, 0) is 23.8 Å². The molecule has 0 aliphatic carbocycles. The van der Waals surface area contributed by atoms with Crippen molar-refractivity contribution in [3.05, 3.63) is 42.0 Å². The number of nitrogens with two attached hydrogens (primary N) is 1. The molecule has 0 saturated carbocycles. The van der Waals surface area contributed by atoms with E-state index in [1.807, 2.05) is 0 Å². The van der Waals surface area contributed by atoms with Gasteiger partial charge in [-0.1, -0.05) is 0 Å². The minimum Gasteiger partial charge on any atom is -0.497 e. The highest BCUT2D eigenvalue weighted by atomic mass is 19.1. The average Bonchev–Trinajstić information content (AvgIpc) is 2.42. The number of halogens is 2. The number of rotatable bonds is 3. The quantitative estimate of drug-likeness (QED) is 0.866. The van der Waals surface area contributed by atoms with Crippen molar-refractivity contribution in [1.82, 2.24) is 0 Å². The lowest BCUT2D eigenvalue weighted by Crippen LogP contribution is -1.95. The van der Waals surface area contributed by atoms with Gasteiger partial charge in [-0.2, -0.15) is 0 Å². The molecule has 0 bridgehead atoms. The van der Waals surface area contributed by atoms with Crippen molar-refractivity contribution in [1.29, 1.82) is 0 Å². The molecule has 0 heterocycles. The Labute approximate surface area is 109 Å². The summed E-state index contributed by atoms with van der Waals surface area (Å²) in [6.07, 6.45) is 0. The van der Waals surface area contributed by atoms with Crippen LogP contribution in [0.5, 0.6) is 11.5 Å². The minimum absolute atomic E-state index is 0.101. The van der Waals surface area contributed by atoms with Crippen LogP contribution in [0.3, 0.4) is 0 Å². The number of anilines is 1. The van der Waals surface area contributed by atoms with Gasteiger partial charge in [-0.3, -0.25) is 0 Å². The zero-order valence-corrected chi connectivity index (χ0v) is 10.5. The SMILES string of the molecule is COc1cc(OC)cc(-c2cc(F)c(N)cc2F)c1. The fraction of sp³-hybridized carbons (Fsp3) is 0.143. The lowest BCUT2D eigenvalue weighted by Gasteiger charge is -2.10. The third kappa shape index (κ3) is 2.59. The summed E-state index contributed by atoms with van der Waals surface area (Å²) in [5, 5.41) is 0. The van der Waals surface area contributed by atoms with Crippen molar-refractivity contribution in [2.45, 2.75) is 0 Å². The molecule has 0 unspecified atom stereocenters. The van der Waals surface area contributed by atoms with Crippen LogP contribution in [0.2, 0.25) is 0 Å². The summed E-state index contributed by atoms with van der Waals surface area (Å²) in [6.45, 7) is 0. The van der Waals surface area contributed by atoms with Gasteiger partial charge in [-0.15, -0.1) is 0 Å². The smallest absolute Gasteiger partial charge is 0.146 e. The third-order valence-corrected chi connectivity index (χ3v) is 2.75. The summed E-state index contributed by atoms with van der Waals surface area (Å²) in [5.74, 6) is -0.288. The predicted molar refractivity (Wildman–Crippen MR) is 69.3 cm³/mol. The van der Waals surface area contributed by atoms with Crippen LogP contribution in [-0.2, 0) is 0 Å². The van der Waals surface area contributed by atoms with Gasteiger partial charge in [0.1, 0.15) is 23.1 Å². The van der Waals surface area contributed by atoms with E-state index in [9.17, 15) is 8.78 Å². The molecule has 0 saturated heterocycles. The molecular formula is C14H13F2NO2. The Kier molecular flexibility index (Phi) is 3.55. The molecule has 2 aromatic carbocycles. The third-order valence-electron chi connectivity index (χ3n) is 2.75. The Morgan fingerprint density at radius 1 is 0.842 bits per heavy atom. The Morgan fingerprint density at radius 2 is 1.42 bits per heavy atom. The Hall–Kier alpha value is -2.30. The van der Waals surface area contributed by atoms with Crippen molar-refractivity contribution in [3.63, 3.8) is 0 Å². The number of ether oxygens (including phenoxy) is 2. The van der Waals surface area contributed by atoms with Crippen LogP contribution in [0.1, 0.15) is 0 Å². The molecule has 5 heteroatoms. The van der Waals surface area contributed by atoms with E-state index in [0.29, 0.717) is 17.1 Å². The van der Waals surface area contributed by atoms with Gasteiger partial charge in [0.2, 0.25) is 0 Å². The molecule has 2 N–H and O–H groups in total. The van der Waals surface area contributed by atoms with Crippen molar-refractivity contribution in [2.75, 3.05) is 20.0 Å². The second-order valence-corrected chi connectivity index (χ2v) is 3.95. The molecule has 0 aliphatic rings. The molecule has 2 aromatic rings. The van der Waals surface area contributed by atoms with Gasteiger partial charge in [0.05, 0.1) is 19.9 Å². The molecule has 3 nitrogen and oxygen atoms in total. The second-order valence-electron chi connectivity index (χ2n) is 3.95. The summed E-state index contributed by atoms with van der Waals surface area (Å²) in [6, 6.07) is 6.84. The van der Waals surface area contributed by atoms with Crippen LogP contribution in [0.15, 0.2) is 30.3 Å². The van der Waals surface area contributed by atoms with Gasteiger partial charge >= 0.3 is 0 Å². The molecule has 100 valence electrons. The van der Waals surface area contributed by atoms with E-state index in [4.69, 9.17) is 15.2 Å². The number of methoxy groups -OCH3 is 2. The molecule has 0 amide bonds. The van der Waals surface area contributed by atoms with E-state index in [1.54, 1.807) is 18.2 Å². The molecule has 0 aromatic heterocycles. The summed E-state index contributed by atoms with van der Waals surface area (Å²) in [7, 11) is 2.97. The summed E-state index contributed by atoms with van der Waals surface area (Å²) in [4.78, 5) is 0. The highest BCUT2D eigenvalue weighted by Gasteiger charge is 2.12. The number of benzene rings is 2. The maximum Gasteiger partial charge on any atom is 0.146 e. The molecule has 19 heavy (non-hydrogen) atoms. The van der Waals surface area contributed by atoms with Crippen molar-refractivity contribution < 1.29 is 18.3 Å². The Morgan fingerprint density at radius 3 is 1.95 bits per heavy atom. The van der Waals surface area contributed by atoms with E-state index in [-0.39, 0.29) is 11.3 Å². The molecule has 2 rings (SSSR count). The van der Waals surface area contributed by atoms with Gasteiger partial charge in [0.25, 0.3) is 0 Å². The minimum atomic E-state index is -0.668. The first-order valence-electron chi connectivity index (χ1n) is 5.53. The van der Waals surface area contributed by atoms with Gasteiger partial charge < -0.3 is 15.2 Å². The monoisotopic (exact) mass is 265 g/mol. The molecular weight excluding hydrogens is 252 g/mol. The van der Waals surface area contributed by atoms with Crippen LogP contribution in [0, 0.1) is 11.6 Å². The zero-order chi connectivity index (χ0) is 14.0. The molecule has 0 atom stereocenters. The largest absolute Gasteiger partial charge is 0.497 e. The number of hydrogen-bond donors (Lipinski definition) is 1. The normalized spacial score (nSPS) is 10.3. The molecule has 0 aliphatic heterocycles. The molecule has 0 radical (unpaired) electrons. The van der Waals surface area contributed by atoms with Crippen LogP contribution >= 0.6 is 0 Å². The van der Waals surface area contributed by atoms with Crippen molar-refractivity contribution in [3.8, 4) is 22.6 Å². The fourth-order valence-corrected chi connectivity index (χ4v) is 1.75. The average molecular weight is 265 g/mol. The Bertz CT molecular complexity index is 592. The zero-order valence-electron chi connectivity index (χ0n) is 10.5. The van der Waals surface area contributed by atoms with Crippen LogP contribution < -0.4 is 15.2 Å². The van der Waals surface area contributed by atoms with Crippen molar-refractivity contribution in [2.24, 2.45) is 0 Å². The van der Waals surface area contributed by atoms with Crippen LogP contribution in [0.4, 0.5) is 14.5 Å². The second kappa shape index (κ2) is 5.14. The molecule has 0 fully saturated rings. The Balaban J connectivity index is 2.61. The van der Waals surface area contributed by atoms with Gasteiger partial charge in [0.15, 0.2) is 0 Å². The fourth-order valence-electron chi connectivity index (χ4n) is 1.75. The topological polar surface area (TPSA) is 44.5 Å². The lowest BCUT2D eigenvalue weighted by atomic mass is 10.0. The van der Waals surface area contributed by atoms with E-state index < -0.39 is 11.6 Å². The first kappa shape index (κ1) is 13.1. The maximum absolute atomic E-state index is 13.9. The van der Waals surface area contributed by atoms with Crippen molar-refractivity contribution >= 4 is 5.69 Å². The summed E-state index contributed by atoms with van der Waals surface area (Å²) >= 11 is 0. The standard InChI is InChI=1S/C14H13F2NO2/c1-18-9-3-8(4-10(5-9)19-2)11-6-13(16)14(17)7-12(11)15/h3-7H,17H2,1-2H3. The van der Waals surface area contributed by atoms with Gasteiger partial charge in [0, 0.05) is 17.7 Å². The van der Waals surface area contributed by atoms with E-state index in [0.717, 1.165) is 12.1 Å². The van der Waals surface area contributed by atoms with Gasteiger partial charge in [-0.25, -0.2) is 8.78 Å². The van der Waals surface area contributed by atoms with E-state index in [2.05, 4.69) is 0 Å². The van der Waals surface area contributed by atoms with Crippen LogP contribution in [0.25, 0.3) is 11.1 Å². The maximum atomic E-state index is 13.9. The first-order valence-corrected chi connectivity index (χ1v) is 5.53. The lowest BCUT2D eigenvalue weighted by molar-refractivity contribution is 0.394. The predicted octanol–water partition coefficient (Wildman–Crippen LogP) is 3.23. The number of hydrogen-bond acceptors (Lipinski definition) is 3.